The van der Waals surface area contributed by atoms with Gasteiger partial charge in [0.2, 0.25) is 0 Å². The van der Waals surface area contributed by atoms with Crippen LogP contribution >= 0.6 is 0 Å². The minimum atomic E-state index is -0.829. The second kappa shape index (κ2) is 5.08. The van der Waals surface area contributed by atoms with Gasteiger partial charge in [-0.25, -0.2) is 0 Å². The Kier molecular flexibility index (Phi) is 3.50. The van der Waals surface area contributed by atoms with Crippen molar-refractivity contribution >= 4 is 17.6 Å². The van der Waals surface area contributed by atoms with Crippen molar-refractivity contribution in [3.63, 3.8) is 0 Å². The van der Waals surface area contributed by atoms with Crippen molar-refractivity contribution in [1.82, 2.24) is 4.90 Å². The number of nitrogen functional groups attached to an aromatic ring is 1. The number of hydrogen-bond donors (Lipinski definition) is 2. The van der Waals surface area contributed by atoms with E-state index >= 15 is 0 Å². The summed E-state index contributed by atoms with van der Waals surface area (Å²) in [5, 5.41) is 8.99. The van der Waals surface area contributed by atoms with Crippen LogP contribution in [0.25, 0.3) is 0 Å². The number of aliphatic carboxylic acids is 1. The number of nitrogens with zero attached hydrogens (tertiary/aromatic N) is 1. The Hall–Kier alpha value is -2.04. The molecule has 5 heteroatoms. The molecule has 0 aliphatic carbocycles. The van der Waals surface area contributed by atoms with E-state index in [4.69, 9.17) is 10.8 Å². The van der Waals surface area contributed by atoms with Crippen molar-refractivity contribution in [2.24, 2.45) is 5.92 Å². The lowest BCUT2D eigenvalue weighted by atomic mass is 9.97. The molecule has 2 rings (SSSR count). The number of carbonyl (C=O) groups is 2. The molecule has 1 fully saturated rings. The summed E-state index contributed by atoms with van der Waals surface area (Å²) in [7, 11) is 0. The first-order valence-corrected chi connectivity index (χ1v) is 5.95. The standard InChI is InChI=1S/C13H16N2O3/c14-11-5-3-9(4-6-11)12(16)15-7-1-2-10(8-15)13(17)18/h3-6,10H,1-2,7-8,14H2,(H,17,18)/t10-/m1/s1. The molecule has 0 saturated carbocycles. The highest BCUT2D eigenvalue weighted by Crippen LogP contribution is 2.19. The van der Waals surface area contributed by atoms with Crippen LogP contribution in [0.1, 0.15) is 23.2 Å². The van der Waals surface area contributed by atoms with E-state index in [1.54, 1.807) is 29.2 Å². The highest BCUT2D eigenvalue weighted by Gasteiger charge is 2.28. The van der Waals surface area contributed by atoms with Gasteiger partial charge in [0.05, 0.1) is 5.92 Å². The lowest BCUT2D eigenvalue weighted by Gasteiger charge is -2.30. The summed E-state index contributed by atoms with van der Waals surface area (Å²) in [6, 6.07) is 6.68. The molecule has 0 aromatic heterocycles. The summed E-state index contributed by atoms with van der Waals surface area (Å²) in [5.41, 5.74) is 6.72. The second-order valence-corrected chi connectivity index (χ2v) is 4.55. The van der Waals surface area contributed by atoms with Crippen LogP contribution in [0.2, 0.25) is 0 Å². The van der Waals surface area contributed by atoms with Crippen LogP contribution in [0, 0.1) is 5.92 Å². The largest absolute Gasteiger partial charge is 0.481 e. The van der Waals surface area contributed by atoms with E-state index in [1.165, 1.54) is 0 Å². The molecule has 1 heterocycles. The summed E-state index contributed by atoms with van der Waals surface area (Å²) in [4.78, 5) is 24.7. The van der Waals surface area contributed by atoms with Crippen LogP contribution < -0.4 is 5.73 Å². The van der Waals surface area contributed by atoms with Crippen LogP contribution in [0.15, 0.2) is 24.3 Å². The van der Waals surface area contributed by atoms with Gasteiger partial charge in [-0.1, -0.05) is 0 Å². The number of likely N-dealkylation sites (tertiary alicyclic amines) is 1. The highest BCUT2D eigenvalue weighted by molar-refractivity contribution is 5.94. The fraction of sp³-hybridized carbons (Fsp3) is 0.385. The fourth-order valence-electron chi connectivity index (χ4n) is 2.17. The lowest BCUT2D eigenvalue weighted by molar-refractivity contribution is -0.143. The minimum absolute atomic E-state index is 0.124. The average Bonchev–Trinajstić information content (AvgIpc) is 2.39. The monoisotopic (exact) mass is 248 g/mol. The lowest BCUT2D eigenvalue weighted by Crippen LogP contribution is -2.42. The number of hydrogen-bond acceptors (Lipinski definition) is 3. The van der Waals surface area contributed by atoms with Gasteiger partial charge < -0.3 is 15.7 Å². The van der Waals surface area contributed by atoms with Gasteiger partial charge in [-0.05, 0) is 37.1 Å². The highest BCUT2D eigenvalue weighted by atomic mass is 16.4. The fourth-order valence-corrected chi connectivity index (χ4v) is 2.17. The van der Waals surface area contributed by atoms with Gasteiger partial charge in [0.1, 0.15) is 0 Å². The number of carboxylic acids is 1. The van der Waals surface area contributed by atoms with E-state index in [2.05, 4.69) is 0 Å². The maximum Gasteiger partial charge on any atom is 0.308 e. The minimum Gasteiger partial charge on any atom is -0.481 e. The topological polar surface area (TPSA) is 83.6 Å². The molecule has 5 nitrogen and oxygen atoms in total. The van der Waals surface area contributed by atoms with Crippen molar-refractivity contribution < 1.29 is 14.7 Å². The Bertz CT molecular complexity index is 456. The van der Waals surface area contributed by atoms with Crippen molar-refractivity contribution in [2.45, 2.75) is 12.8 Å². The number of amides is 1. The third kappa shape index (κ3) is 2.61. The first kappa shape index (κ1) is 12.4. The van der Waals surface area contributed by atoms with E-state index in [9.17, 15) is 9.59 Å². The molecule has 1 atom stereocenters. The molecule has 3 N–H and O–H groups in total. The molecule has 0 unspecified atom stereocenters. The molecule has 0 radical (unpaired) electrons. The first-order valence-electron chi connectivity index (χ1n) is 5.95. The predicted molar refractivity (Wildman–Crippen MR) is 67.1 cm³/mol. The van der Waals surface area contributed by atoms with Gasteiger partial charge in [0, 0.05) is 24.3 Å². The number of anilines is 1. The van der Waals surface area contributed by atoms with Gasteiger partial charge in [0.25, 0.3) is 5.91 Å². The number of piperidine rings is 1. The first-order chi connectivity index (χ1) is 8.58. The molecule has 18 heavy (non-hydrogen) atoms. The van der Waals surface area contributed by atoms with E-state index in [0.29, 0.717) is 30.8 Å². The zero-order valence-corrected chi connectivity index (χ0v) is 10.0. The Labute approximate surface area is 105 Å². The van der Waals surface area contributed by atoms with Crippen molar-refractivity contribution in [3.8, 4) is 0 Å². The number of carboxylic acid groups (broad SMARTS) is 1. The molecule has 0 spiro atoms. The summed E-state index contributed by atoms with van der Waals surface area (Å²) in [6.45, 7) is 0.908. The number of nitrogens with two attached hydrogens (primary N) is 1. The van der Waals surface area contributed by atoms with Crippen LogP contribution in [0.4, 0.5) is 5.69 Å². The van der Waals surface area contributed by atoms with Crippen molar-refractivity contribution in [3.05, 3.63) is 29.8 Å². The molecule has 0 bridgehead atoms. The zero-order chi connectivity index (χ0) is 13.1. The summed E-state index contributed by atoms with van der Waals surface area (Å²) in [6.07, 6.45) is 1.37. The van der Waals surface area contributed by atoms with Crippen LogP contribution in [-0.4, -0.2) is 35.0 Å². The maximum atomic E-state index is 12.2. The molecular formula is C13H16N2O3. The molecule has 96 valence electrons. The smallest absolute Gasteiger partial charge is 0.308 e. The van der Waals surface area contributed by atoms with Gasteiger partial charge in [-0.3, -0.25) is 9.59 Å². The Morgan fingerprint density at radius 1 is 1.28 bits per heavy atom. The maximum absolute atomic E-state index is 12.2. The Morgan fingerprint density at radius 2 is 1.94 bits per heavy atom. The molecular weight excluding hydrogens is 232 g/mol. The van der Waals surface area contributed by atoms with Gasteiger partial charge in [-0.2, -0.15) is 0 Å². The molecule has 1 saturated heterocycles. The summed E-state index contributed by atoms with van der Waals surface area (Å²) < 4.78 is 0. The number of rotatable bonds is 2. The SMILES string of the molecule is Nc1ccc(C(=O)N2CCC[C@@H](C(=O)O)C2)cc1. The Morgan fingerprint density at radius 3 is 2.56 bits per heavy atom. The normalized spacial score (nSPS) is 19.6. The molecule has 1 aromatic rings. The summed E-state index contributed by atoms with van der Waals surface area (Å²) >= 11 is 0. The summed E-state index contributed by atoms with van der Waals surface area (Å²) in [5.74, 6) is -1.40. The van der Waals surface area contributed by atoms with E-state index < -0.39 is 11.9 Å². The Balaban J connectivity index is 2.09. The average molecular weight is 248 g/mol. The van der Waals surface area contributed by atoms with Gasteiger partial charge in [-0.15, -0.1) is 0 Å². The molecule has 1 aromatic carbocycles. The van der Waals surface area contributed by atoms with E-state index in [0.717, 1.165) is 6.42 Å². The predicted octanol–water partition coefficient (Wildman–Crippen LogP) is 1.21. The zero-order valence-electron chi connectivity index (χ0n) is 10.0. The quantitative estimate of drug-likeness (QED) is 0.770. The number of benzene rings is 1. The van der Waals surface area contributed by atoms with E-state index in [1.807, 2.05) is 0 Å². The molecule has 1 aliphatic heterocycles. The van der Waals surface area contributed by atoms with E-state index in [-0.39, 0.29) is 5.91 Å². The number of carbonyl (C=O) groups excluding carboxylic acids is 1. The van der Waals surface area contributed by atoms with Crippen LogP contribution in [-0.2, 0) is 4.79 Å². The third-order valence-corrected chi connectivity index (χ3v) is 3.22. The van der Waals surface area contributed by atoms with Gasteiger partial charge in [0.15, 0.2) is 0 Å². The third-order valence-electron chi connectivity index (χ3n) is 3.22. The molecule has 1 amide bonds. The molecule has 1 aliphatic rings. The van der Waals surface area contributed by atoms with Gasteiger partial charge >= 0.3 is 5.97 Å². The van der Waals surface area contributed by atoms with Crippen molar-refractivity contribution in [1.29, 1.82) is 0 Å². The van der Waals surface area contributed by atoms with Crippen molar-refractivity contribution in [2.75, 3.05) is 18.8 Å². The second-order valence-electron chi connectivity index (χ2n) is 4.55. The van der Waals surface area contributed by atoms with Crippen LogP contribution in [0.5, 0.6) is 0 Å². The van der Waals surface area contributed by atoms with Crippen LogP contribution in [0.3, 0.4) is 0 Å².